The Morgan fingerprint density at radius 3 is 1.41 bits per heavy atom. The van der Waals surface area contributed by atoms with Gasteiger partial charge in [-0.2, -0.15) is 0 Å². The zero-order valence-corrected chi connectivity index (χ0v) is 18.5. The highest BCUT2D eigenvalue weighted by Crippen LogP contribution is 2.43. The molecule has 0 saturated heterocycles. The first-order valence-corrected chi connectivity index (χ1v) is 11.3. The van der Waals surface area contributed by atoms with E-state index in [0.717, 1.165) is 20.8 Å². The molecule has 2 aromatic rings. The zero-order chi connectivity index (χ0) is 18.6. The molecule has 0 aliphatic heterocycles. The highest BCUT2D eigenvalue weighted by atomic mass is 79.9. The van der Waals surface area contributed by atoms with Crippen molar-refractivity contribution in [2.45, 2.75) is 25.7 Å². The first-order chi connectivity index (χ1) is 13.2. The Hall–Kier alpha value is -1.16. The van der Waals surface area contributed by atoms with Crippen molar-refractivity contribution >= 4 is 43.0 Å². The molecule has 3 heteroatoms. The van der Waals surface area contributed by atoms with E-state index in [2.05, 4.69) is 92.5 Å². The van der Waals surface area contributed by atoms with Crippen molar-refractivity contribution in [3.05, 3.63) is 80.8 Å². The summed E-state index contributed by atoms with van der Waals surface area (Å²) in [4.78, 5) is 0. The molecule has 0 aromatic heterocycles. The van der Waals surface area contributed by atoms with E-state index >= 15 is 0 Å². The minimum absolute atomic E-state index is 0.677. The first kappa shape index (κ1) is 19.2. The van der Waals surface area contributed by atoms with E-state index in [9.17, 15) is 0 Å². The van der Waals surface area contributed by atoms with Gasteiger partial charge in [0.2, 0.25) is 0 Å². The SMILES string of the molecule is Brc1ccc(C(=CCOCC=C(c2ccc(Br)cc2)C2CC2)C2CC2)cc1. The lowest BCUT2D eigenvalue weighted by atomic mass is 10.0. The highest BCUT2D eigenvalue weighted by Gasteiger charge is 2.27. The average molecular weight is 488 g/mol. The van der Waals surface area contributed by atoms with E-state index in [1.54, 1.807) is 0 Å². The lowest BCUT2D eigenvalue weighted by molar-refractivity contribution is 0.194. The van der Waals surface area contributed by atoms with Gasteiger partial charge in [0.1, 0.15) is 0 Å². The van der Waals surface area contributed by atoms with Crippen molar-refractivity contribution in [2.24, 2.45) is 11.8 Å². The third-order valence-electron chi connectivity index (χ3n) is 5.23. The van der Waals surface area contributed by atoms with Crippen molar-refractivity contribution in [1.29, 1.82) is 0 Å². The maximum absolute atomic E-state index is 5.97. The van der Waals surface area contributed by atoms with Crippen LogP contribution in [-0.2, 0) is 4.74 Å². The molecule has 2 aliphatic carbocycles. The van der Waals surface area contributed by atoms with Gasteiger partial charge in [-0.3, -0.25) is 0 Å². The molecule has 0 bridgehead atoms. The first-order valence-electron chi connectivity index (χ1n) is 9.70. The molecule has 27 heavy (non-hydrogen) atoms. The van der Waals surface area contributed by atoms with Crippen molar-refractivity contribution in [1.82, 2.24) is 0 Å². The second kappa shape index (κ2) is 8.89. The van der Waals surface area contributed by atoms with E-state index in [1.807, 2.05) is 0 Å². The highest BCUT2D eigenvalue weighted by molar-refractivity contribution is 9.10. The fraction of sp³-hybridized carbons (Fsp3) is 0.333. The number of hydrogen-bond acceptors (Lipinski definition) is 1. The molecule has 1 nitrogen and oxygen atoms in total. The largest absolute Gasteiger partial charge is 0.373 e. The Morgan fingerprint density at radius 1 is 0.704 bits per heavy atom. The zero-order valence-electron chi connectivity index (χ0n) is 15.3. The van der Waals surface area contributed by atoms with Crippen LogP contribution in [-0.4, -0.2) is 13.2 Å². The van der Waals surface area contributed by atoms with Gasteiger partial charge in [0, 0.05) is 8.95 Å². The fourth-order valence-electron chi connectivity index (χ4n) is 3.48. The van der Waals surface area contributed by atoms with Crippen molar-refractivity contribution in [3.63, 3.8) is 0 Å². The molecular weight excluding hydrogens is 464 g/mol. The maximum atomic E-state index is 5.97. The topological polar surface area (TPSA) is 9.23 Å². The van der Waals surface area contributed by atoms with Crippen LogP contribution in [0, 0.1) is 11.8 Å². The summed E-state index contributed by atoms with van der Waals surface area (Å²) in [6.07, 6.45) is 9.78. The quantitative estimate of drug-likeness (QED) is 0.350. The van der Waals surface area contributed by atoms with Crippen molar-refractivity contribution in [2.75, 3.05) is 13.2 Å². The predicted molar refractivity (Wildman–Crippen MR) is 121 cm³/mol. The number of benzene rings is 2. The van der Waals surface area contributed by atoms with Crippen LogP contribution >= 0.6 is 31.9 Å². The number of hydrogen-bond donors (Lipinski definition) is 0. The summed E-state index contributed by atoms with van der Waals surface area (Å²) < 4.78 is 8.23. The van der Waals surface area contributed by atoms with Crippen LogP contribution in [0.2, 0.25) is 0 Å². The number of halogens is 2. The molecule has 2 aromatic carbocycles. The summed E-state index contributed by atoms with van der Waals surface area (Å²) >= 11 is 7.04. The molecule has 2 fully saturated rings. The van der Waals surface area contributed by atoms with Gasteiger partial charge in [0.05, 0.1) is 13.2 Å². The monoisotopic (exact) mass is 486 g/mol. The number of rotatable bonds is 8. The van der Waals surface area contributed by atoms with E-state index in [1.165, 1.54) is 48.0 Å². The van der Waals surface area contributed by atoms with Gasteiger partial charge in [0.25, 0.3) is 0 Å². The van der Waals surface area contributed by atoms with Crippen LogP contribution in [0.5, 0.6) is 0 Å². The van der Waals surface area contributed by atoms with E-state index in [-0.39, 0.29) is 0 Å². The number of allylic oxidation sites excluding steroid dienone is 2. The van der Waals surface area contributed by atoms with E-state index < -0.39 is 0 Å². The summed E-state index contributed by atoms with van der Waals surface area (Å²) in [5, 5.41) is 0. The Bertz CT molecular complexity index is 754. The molecular formula is C24H24Br2O. The third kappa shape index (κ3) is 5.43. The second-order valence-corrected chi connectivity index (χ2v) is 9.25. The van der Waals surface area contributed by atoms with E-state index in [0.29, 0.717) is 13.2 Å². The molecule has 0 radical (unpaired) electrons. The predicted octanol–water partition coefficient (Wildman–Crippen LogP) is 7.52. The van der Waals surface area contributed by atoms with Crippen LogP contribution < -0.4 is 0 Å². The van der Waals surface area contributed by atoms with Crippen LogP contribution in [0.15, 0.2) is 69.6 Å². The molecule has 0 unspecified atom stereocenters. The summed E-state index contributed by atoms with van der Waals surface area (Å²) in [5.41, 5.74) is 5.55. The fourth-order valence-corrected chi connectivity index (χ4v) is 4.01. The molecule has 0 spiro atoms. The summed E-state index contributed by atoms with van der Waals surface area (Å²) in [7, 11) is 0. The van der Waals surface area contributed by atoms with Gasteiger partial charge in [-0.1, -0.05) is 68.3 Å². The molecule has 0 N–H and O–H groups in total. The maximum Gasteiger partial charge on any atom is 0.0657 e. The van der Waals surface area contributed by atoms with Crippen LogP contribution in [0.25, 0.3) is 11.1 Å². The van der Waals surface area contributed by atoms with Gasteiger partial charge in [-0.25, -0.2) is 0 Å². The normalized spacial score (nSPS) is 18.0. The van der Waals surface area contributed by atoms with Gasteiger partial charge < -0.3 is 4.74 Å². The molecule has 0 amide bonds. The van der Waals surface area contributed by atoms with E-state index in [4.69, 9.17) is 4.74 Å². The Labute approximate surface area is 178 Å². The standard InChI is InChI=1S/C24H24Br2O/c25-21-9-5-19(6-10-21)23(17-1-2-17)13-15-27-16-14-24(18-3-4-18)20-7-11-22(26)12-8-20/h5-14,17-18H,1-4,15-16H2. The van der Waals surface area contributed by atoms with Crippen LogP contribution in [0.4, 0.5) is 0 Å². The van der Waals surface area contributed by atoms with Crippen LogP contribution in [0.3, 0.4) is 0 Å². The van der Waals surface area contributed by atoms with Crippen molar-refractivity contribution in [3.8, 4) is 0 Å². The minimum atomic E-state index is 0.677. The van der Waals surface area contributed by atoms with Gasteiger partial charge in [0.15, 0.2) is 0 Å². The Morgan fingerprint density at radius 2 is 1.07 bits per heavy atom. The summed E-state index contributed by atoms with van der Waals surface area (Å²) in [6, 6.07) is 17.3. The third-order valence-corrected chi connectivity index (χ3v) is 6.29. The number of ether oxygens (including phenoxy) is 1. The molecule has 0 heterocycles. The van der Waals surface area contributed by atoms with Gasteiger partial charge in [-0.15, -0.1) is 0 Å². The molecule has 2 saturated carbocycles. The smallest absolute Gasteiger partial charge is 0.0657 e. The van der Waals surface area contributed by atoms with Gasteiger partial charge >= 0.3 is 0 Å². The summed E-state index contributed by atoms with van der Waals surface area (Å²) in [5.74, 6) is 1.44. The molecule has 4 rings (SSSR count). The molecule has 0 atom stereocenters. The average Bonchev–Trinajstić information content (AvgIpc) is 3.56. The second-order valence-electron chi connectivity index (χ2n) is 7.42. The van der Waals surface area contributed by atoms with Gasteiger partial charge in [-0.05, 0) is 84.1 Å². The molecule has 2 aliphatic rings. The summed E-state index contributed by atoms with van der Waals surface area (Å²) in [6.45, 7) is 1.35. The van der Waals surface area contributed by atoms with Crippen molar-refractivity contribution < 1.29 is 4.74 Å². The van der Waals surface area contributed by atoms with Crippen LogP contribution in [0.1, 0.15) is 36.8 Å². The lowest BCUT2D eigenvalue weighted by Crippen LogP contribution is -1.97. The lowest BCUT2D eigenvalue weighted by Gasteiger charge is -2.09. The Kier molecular flexibility index (Phi) is 6.31. The molecule has 140 valence electrons. The minimum Gasteiger partial charge on any atom is -0.373 e. The Balaban J connectivity index is 1.37.